The summed E-state index contributed by atoms with van der Waals surface area (Å²) in [6.45, 7) is 5.03. The lowest BCUT2D eigenvalue weighted by atomic mass is 10.0. The zero-order valence-corrected chi connectivity index (χ0v) is 15.6. The van der Waals surface area contributed by atoms with E-state index in [2.05, 4.69) is 16.8 Å². The van der Waals surface area contributed by atoms with Crippen LogP contribution in [0, 0.1) is 0 Å². The predicted molar refractivity (Wildman–Crippen MR) is 104 cm³/mol. The summed E-state index contributed by atoms with van der Waals surface area (Å²) in [7, 11) is 5.15. The number of ether oxygens (including phenoxy) is 1. The minimum Gasteiger partial charge on any atom is -0.504 e. The molecule has 0 aliphatic heterocycles. The van der Waals surface area contributed by atoms with Crippen LogP contribution in [0.4, 0.5) is 0 Å². The summed E-state index contributed by atoms with van der Waals surface area (Å²) < 4.78 is 5.28. The van der Waals surface area contributed by atoms with Gasteiger partial charge in [-0.3, -0.25) is 9.69 Å². The van der Waals surface area contributed by atoms with E-state index < -0.39 is 0 Å². The van der Waals surface area contributed by atoms with Crippen molar-refractivity contribution in [1.82, 2.24) is 10.2 Å². The number of phenols is 1. The number of carbonyl (C=O) groups is 1. The lowest BCUT2D eigenvalue weighted by Gasteiger charge is -2.19. The molecule has 5 nitrogen and oxygen atoms in total. The van der Waals surface area contributed by atoms with E-state index in [1.165, 1.54) is 0 Å². The highest BCUT2D eigenvalue weighted by molar-refractivity contribution is 5.93. The lowest BCUT2D eigenvalue weighted by molar-refractivity contribution is 0.0963. The smallest absolute Gasteiger partial charge is 0.251 e. The van der Waals surface area contributed by atoms with E-state index in [0.717, 1.165) is 16.7 Å². The zero-order valence-electron chi connectivity index (χ0n) is 15.6. The summed E-state index contributed by atoms with van der Waals surface area (Å²) in [6, 6.07) is 11.3. The summed E-state index contributed by atoms with van der Waals surface area (Å²) in [5.41, 5.74) is 3.59. The van der Waals surface area contributed by atoms with Crippen LogP contribution in [-0.4, -0.2) is 37.1 Å². The molecule has 0 fully saturated rings. The van der Waals surface area contributed by atoms with E-state index in [1.807, 2.05) is 49.5 Å². The van der Waals surface area contributed by atoms with Gasteiger partial charge in [0.1, 0.15) is 0 Å². The van der Waals surface area contributed by atoms with Crippen LogP contribution in [0.2, 0.25) is 0 Å². The van der Waals surface area contributed by atoms with Gasteiger partial charge in [-0.05, 0) is 42.8 Å². The molecule has 0 atom stereocenters. The summed E-state index contributed by atoms with van der Waals surface area (Å²) in [4.78, 5) is 13.7. The van der Waals surface area contributed by atoms with Crippen LogP contribution in [0.5, 0.6) is 11.5 Å². The van der Waals surface area contributed by atoms with Gasteiger partial charge in [-0.15, -0.1) is 6.58 Å². The number of benzene rings is 2. The molecular weight excluding hydrogens is 328 g/mol. The van der Waals surface area contributed by atoms with Crippen molar-refractivity contribution < 1.29 is 14.6 Å². The molecule has 2 N–H and O–H groups in total. The highest BCUT2D eigenvalue weighted by Gasteiger charge is 2.13. The molecule has 2 aromatic rings. The Labute approximate surface area is 154 Å². The van der Waals surface area contributed by atoms with Crippen molar-refractivity contribution in [3.05, 3.63) is 71.3 Å². The van der Waals surface area contributed by atoms with E-state index in [0.29, 0.717) is 30.8 Å². The predicted octanol–water partition coefficient (Wildman–Crippen LogP) is 3.12. The number of hydrogen-bond acceptors (Lipinski definition) is 4. The molecule has 2 aromatic carbocycles. The summed E-state index contributed by atoms with van der Waals surface area (Å²) in [5.74, 6) is 0.547. The first-order valence-electron chi connectivity index (χ1n) is 8.47. The fraction of sp³-hybridized carbons (Fsp3) is 0.286. The van der Waals surface area contributed by atoms with Crippen LogP contribution in [0.3, 0.4) is 0 Å². The Morgan fingerprint density at radius 1 is 1.23 bits per heavy atom. The van der Waals surface area contributed by atoms with Gasteiger partial charge in [-0.1, -0.05) is 24.3 Å². The molecule has 5 heteroatoms. The number of nitrogens with zero attached hydrogens (tertiary/aromatic N) is 1. The first-order chi connectivity index (χ1) is 12.5. The van der Waals surface area contributed by atoms with Crippen LogP contribution in [0.15, 0.2) is 49.1 Å². The normalized spacial score (nSPS) is 10.6. The molecule has 0 aromatic heterocycles. The maximum Gasteiger partial charge on any atom is 0.251 e. The number of methoxy groups -OCH3 is 1. The molecule has 138 valence electrons. The third kappa shape index (κ3) is 4.86. The van der Waals surface area contributed by atoms with E-state index in [4.69, 9.17) is 4.74 Å². The Bertz CT molecular complexity index is 770. The molecule has 0 saturated heterocycles. The molecule has 0 radical (unpaired) electrons. The fourth-order valence-electron chi connectivity index (χ4n) is 2.85. The van der Waals surface area contributed by atoms with Gasteiger partial charge in [0.2, 0.25) is 0 Å². The van der Waals surface area contributed by atoms with Crippen LogP contribution in [0.25, 0.3) is 0 Å². The molecule has 0 aliphatic carbocycles. The van der Waals surface area contributed by atoms with Gasteiger partial charge in [-0.2, -0.15) is 0 Å². The molecular formula is C21H26N2O3. The number of allylic oxidation sites excluding steroid dienone is 1. The van der Waals surface area contributed by atoms with Crippen molar-refractivity contribution in [3.8, 4) is 11.5 Å². The number of amides is 1. The Morgan fingerprint density at radius 3 is 2.50 bits per heavy atom. The van der Waals surface area contributed by atoms with Gasteiger partial charge in [0.25, 0.3) is 5.91 Å². The summed E-state index contributed by atoms with van der Waals surface area (Å²) in [6.07, 6.45) is 2.54. The zero-order chi connectivity index (χ0) is 19.1. The van der Waals surface area contributed by atoms with Gasteiger partial charge in [0.05, 0.1) is 7.11 Å². The average molecular weight is 354 g/mol. The highest BCUT2D eigenvalue weighted by Crippen LogP contribution is 2.32. The second kappa shape index (κ2) is 9.06. The standard InChI is InChI=1S/C21H26N2O3/c1-5-6-16-11-18(20(24)19(12-16)26-4)14-23(3)13-15-7-9-17(10-8-15)21(25)22-2/h5,7-12,24H,1,6,13-14H2,2-4H3,(H,22,25). The second-order valence-electron chi connectivity index (χ2n) is 6.25. The third-order valence-corrected chi connectivity index (χ3v) is 4.15. The number of nitrogens with one attached hydrogen (secondary N) is 1. The Kier molecular flexibility index (Phi) is 6.81. The maximum atomic E-state index is 11.6. The molecule has 26 heavy (non-hydrogen) atoms. The SMILES string of the molecule is C=CCc1cc(CN(C)Cc2ccc(C(=O)NC)cc2)c(O)c(OC)c1. The largest absolute Gasteiger partial charge is 0.504 e. The minimum absolute atomic E-state index is 0.0963. The minimum atomic E-state index is -0.0963. The Balaban J connectivity index is 2.11. The molecule has 0 spiro atoms. The van der Waals surface area contributed by atoms with Crippen LogP contribution in [-0.2, 0) is 19.5 Å². The maximum absolute atomic E-state index is 11.6. The topological polar surface area (TPSA) is 61.8 Å². The first-order valence-corrected chi connectivity index (χ1v) is 8.47. The van der Waals surface area contributed by atoms with Gasteiger partial charge in [-0.25, -0.2) is 0 Å². The number of rotatable bonds is 8. The summed E-state index contributed by atoms with van der Waals surface area (Å²) >= 11 is 0. The molecule has 1 amide bonds. The van der Waals surface area contributed by atoms with Crippen molar-refractivity contribution in [1.29, 1.82) is 0 Å². The van der Waals surface area contributed by atoms with Gasteiger partial charge in [0, 0.05) is 31.3 Å². The molecule has 0 bridgehead atoms. The highest BCUT2D eigenvalue weighted by atomic mass is 16.5. The van der Waals surface area contributed by atoms with E-state index >= 15 is 0 Å². The molecule has 0 aliphatic rings. The molecule has 0 saturated carbocycles. The number of carbonyl (C=O) groups excluding carboxylic acids is 1. The average Bonchev–Trinajstić information content (AvgIpc) is 2.64. The molecule has 0 heterocycles. The van der Waals surface area contributed by atoms with Gasteiger partial charge >= 0.3 is 0 Å². The lowest BCUT2D eigenvalue weighted by Crippen LogP contribution is -2.19. The monoisotopic (exact) mass is 354 g/mol. The fourth-order valence-corrected chi connectivity index (χ4v) is 2.85. The van der Waals surface area contributed by atoms with Crippen LogP contribution >= 0.6 is 0 Å². The third-order valence-electron chi connectivity index (χ3n) is 4.15. The van der Waals surface area contributed by atoms with E-state index in [-0.39, 0.29) is 11.7 Å². The second-order valence-corrected chi connectivity index (χ2v) is 6.25. The first kappa shape index (κ1) is 19.5. The molecule has 2 rings (SSSR count). The quantitative estimate of drug-likeness (QED) is 0.715. The van der Waals surface area contributed by atoms with Gasteiger partial charge in [0.15, 0.2) is 11.5 Å². The van der Waals surface area contributed by atoms with Crippen LogP contribution in [0.1, 0.15) is 27.0 Å². The number of phenolic OH excluding ortho intramolecular Hbond substituents is 1. The van der Waals surface area contributed by atoms with E-state index in [9.17, 15) is 9.90 Å². The van der Waals surface area contributed by atoms with Crippen molar-refractivity contribution in [2.75, 3.05) is 21.2 Å². The number of aromatic hydroxyl groups is 1. The van der Waals surface area contributed by atoms with Gasteiger partial charge < -0.3 is 15.2 Å². The van der Waals surface area contributed by atoms with Crippen molar-refractivity contribution in [3.63, 3.8) is 0 Å². The number of hydrogen-bond donors (Lipinski definition) is 2. The molecule has 0 unspecified atom stereocenters. The van der Waals surface area contributed by atoms with Crippen LogP contribution < -0.4 is 10.1 Å². The summed E-state index contributed by atoms with van der Waals surface area (Å²) in [5, 5.41) is 13.0. The Morgan fingerprint density at radius 2 is 1.92 bits per heavy atom. The van der Waals surface area contributed by atoms with Crippen molar-refractivity contribution in [2.45, 2.75) is 19.5 Å². The van der Waals surface area contributed by atoms with E-state index in [1.54, 1.807) is 14.2 Å². The van der Waals surface area contributed by atoms with Crippen molar-refractivity contribution in [2.24, 2.45) is 0 Å². The van der Waals surface area contributed by atoms with Crippen molar-refractivity contribution >= 4 is 5.91 Å². The Hall–Kier alpha value is -2.79.